The number of nitrogens with one attached hydrogen (secondary N) is 1. The zero-order valence-electron chi connectivity index (χ0n) is 11.4. The second kappa shape index (κ2) is 5.22. The monoisotopic (exact) mass is 300 g/mol. The van der Waals surface area contributed by atoms with E-state index in [2.05, 4.69) is 5.32 Å². The van der Waals surface area contributed by atoms with Gasteiger partial charge in [-0.3, -0.25) is 14.5 Å². The molecule has 0 aromatic heterocycles. The van der Waals surface area contributed by atoms with Gasteiger partial charge in [-0.1, -0.05) is 17.7 Å². The fourth-order valence-corrected chi connectivity index (χ4v) is 2.48. The van der Waals surface area contributed by atoms with E-state index in [0.29, 0.717) is 22.1 Å². The molecular weight excluding hydrogens is 288 g/mol. The highest BCUT2D eigenvalue weighted by Gasteiger charge is 2.27. The van der Waals surface area contributed by atoms with Crippen molar-refractivity contribution in [1.29, 1.82) is 0 Å². The Hall–Kier alpha value is -2.33. The van der Waals surface area contributed by atoms with E-state index in [1.807, 2.05) is 25.1 Å². The molecule has 5 heteroatoms. The fourth-order valence-electron chi connectivity index (χ4n) is 2.35. The number of hydrogen-bond donors (Lipinski definition) is 1. The van der Waals surface area contributed by atoms with E-state index in [1.54, 1.807) is 29.2 Å². The van der Waals surface area contributed by atoms with Gasteiger partial charge in [0.2, 0.25) is 11.8 Å². The lowest BCUT2D eigenvalue weighted by molar-refractivity contribution is -0.124. The zero-order chi connectivity index (χ0) is 15.0. The van der Waals surface area contributed by atoms with Crippen molar-refractivity contribution in [2.24, 2.45) is 0 Å². The Morgan fingerprint density at radius 2 is 1.81 bits per heavy atom. The predicted octanol–water partition coefficient (Wildman–Crippen LogP) is 3.66. The Labute approximate surface area is 127 Å². The van der Waals surface area contributed by atoms with Crippen LogP contribution in [0.15, 0.2) is 42.5 Å². The molecule has 0 spiro atoms. The third-order valence-electron chi connectivity index (χ3n) is 3.31. The average molecular weight is 301 g/mol. The summed E-state index contributed by atoms with van der Waals surface area (Å²) in [5.41, 5.74) is 3.00. The molecule has 0 atom stereocenters. The molecule has 1 heterocycles. The first-order valence-corrected chi connectivity index (χ1v) is 6.91. The van der Waals surface area contributed by atoms with Gasteiger partial charge in [-0.05, 0) is 48.9 Å². The van der Waals surface area contributed by atoms with E-state index in [4.69, 9.17) is 11.6 Å². The van der Waals surface area contributed by atoms with Crippen LogP contribution in [0, 0.1) is 6.92 Å². The van der Waals surface area contributed by atoms with Crippen LogP contribution in [0.4, 0.5) is 17.1 Å². The van der Waals surface area contributed by atoms with Crippen LogP contribution in [0.5, 0.6) is 0 Å². The summed E-state index contributed by atoms with van der Waals surface area (Å²) in [5.74, 6) is -0.569. The van der Waals surface area contributed by atoms with Gasteiger partial charge >= 0.3 is 0 Å². The minimum absolute atomic E-state index is 0.184. The molecule has 21 heavy (non-hydrogen) atoms. The quantitative estimate of drug-likeness (QED) is 0.817. The summed E-state index contributed by atoms with van der Waals surface area (Å²) in [6.07, 6.45) is -0.184. The topological polar surface area (TPSA) is 49.4 Å². The van der Waals surface area contributed by atoms with Crippen molar-refractivity contribution in [1.82, 2.24) is 0 Å². The number of amides is 2. The molecular formula is C16H13ClN2O2. The van der Waals surface area contributed by atoms with Crippen molar-refractivity contribution in [3.05, 3.63) is 53.1 Å². The lowest BCUT2D eigenvalue weighted by Crippen LogP contribution is -2.26. The van der Waals surface area contributed by atoms with E-state index in [1.165, 1.54) is 0 Å². The Morgan fingerprint density at radius 3 is 2.52 bits per heavy atom. The molecule has 4 nitrogen and oxygen atoms in total. The number of aryl methyl sites for hydroxylation is 1. The molecule has 2 amide bonds. The van der Waals surface area contributed by atoms with Crippen molar-refractivity contribution < 1.29 is 9.59 Å². The van der Waals surface area contributed by atoms with Crippen molar-refractivity contribution in [3.63, 3.8) is 0 Å². The summed E-state index contributed by atoms with van der Waals surface area (Å²) in [5, 5.41) is 3.36. The van der Waals surface area contributed by atoms with Crippen LogP contribution in [0.25, 0.3) is 0 Å². The van der Waals surface area contributed by atoms with Gasteiger partial charge < -0.3 is 5.32 Å². The summed E-state index contributed by atoms with van der Waals surface area (Å²) in [7, 11) is 0. The predicted molar refractivity (Wildman–Crippen MR) is 83.0 cm³/mol. The van der Waals surface area contributed by atoms with Crippen LogP contribution in [0.1, 0.15) is 12.0 Å². The Balaban J connectivity index is 2.18. The van der Waals surface area contributed by atoms with Crippen molar-refractivity contribution in [2.45, 2.75) is 13.3 Å². The number of carbonyl (C=O) groups excluding carboxylic acids is 2. The van der Waals surface area contributed by atoms with Gasteiger partial charge in [0.05, 0.1) is 11.4 Å². The molecule has 0 fully saturated rings. The molecule has 3 rings (SSSR count). The standard InChI is InChI=1S/C16H13ClN2O2/c1-10-2-7-13-14(8-10)19(16(21)9-15(20)18-13)12-5-3-11(17)4-6-12/h2-8H,9H2,1H3,(H,18,20). The third-order valence-corrected chi connectivity index (χ3v) is 3.57. The first-order chi connectivity index (χ1) is 10.0. The first-order valence-electron chi connectivity index (χ1n) is 6.53. The van der Waals surface area contributed by atoms with Gasteiger partial charge in [-0.2, -0.15) is 0 Å². The van der Waals surface area contributed by atoms with Crippen LogP contribution in [0.2, 0.25) is 5.02 Å². The summed E-state index contributed by atoms with van der Waals surface area (Å²) >= 11 is 5.90. The molecule has 0 bridgehead atoms. The molecule has 106 valence electrons. The lowest BCUT2D eigenvalue weighted by atomic mass is 10.1. The van der Waals surface area contributed by atoms with E-state index >= 15 is 0 Å². The average Bonchev–Trinajstić information content (AvgIpc) is 2.55. The van der Waals surface area contributed by atoms with Crippen LogP contribution >= 0.6 is 11.6 Å². The van der Waals surface area contributed by atoms with E-state index in [-0.39, 0.29) is 18.2 Å². The van der Waals surface area contributed by atoms with Gasteiger partial charge in [-0.25, -0.2) is 0 Å². The van der Waals surface area contributed by atoms with Gasteiger partial charge in [-0.15, -0.1) is 0 Å². The number of rotatable bonds is 1. The fraction of sp³-hybridized carbons (Fsp3) is 0.125. The van der Waals surface area contributed by atoms with E-state index in [0.717, 1.165) is 5.56 Å². The Kier molecular flexibility index (Phi) is 3.39. The molecule has 1 N–H and O–H groups in total. The van der Waals surface area contributed by atoms with Crippen LogP contribution in [-0.2, 0) is 9.59 Å². The smallest absolute Gasteiger partial charge is 0.241 e. The number of carbonyl (C=O) groups is 2. The highest BCUT2D eigenvalue weighted by atomic mass is 35.5. The summed E-state index contributed by atoms with van der Waals surface area (Å²) < 4.78 is 0. The molecule has 1 aliphatic rings. The number of nitrogens with zero attached hydrogens (tertiary/aromatic N) is 1. The molecule has 2 aromatic rings. The normalized spacial score (nSPS) is 14.5. The summed E-state index contributed by atoms with van der Waals surface area (Å²) in [6, 6.07) is 12.6. The molecule has 2 aromatic carbocycles. The maximum absolute atomic E-state index is 12.4. The SMILES string of the molecule is Cc1ccc2c(c1)N(c1ccc(Cl)cc1)C(=O)CC(=O)N2. The number of anilines is 3. The van der Waals surface area contributed by atoms with Gasteiger partial charge in [0.1, 0.15) is 6.42 Å². The maximum atomic E-state index is 12.4. The summed E-state index contributed by atoms with van der Waals surface area (Å²) in [4.78, 5) is 25.8. The highest BCUT2D eigenvalue weighted by molar-refractivity contribution is 6.30. The molecule has 0 saturated heterocycles. The second-order valence-electron chi connectivity index (χ2n) is 4.95. The van der Waals surface area contributed by atoms with Crippen LogP contribution < -0.4 is 10.2 Å². The van der Waals surface area contributed by atoms with Crippen molar-refractivity contribution in [2.75, 3.05) is 10.2 Å². The van der Waals surface area contributed by atoms with Crippen LogP contribution in [-0.4, -0.2) is 11.8 Å². The van der Waals surface area contributed by atoms with Gasteiger partial charge in [0.25, 0.3) is 0 Å². The van der Waals surface area contributed by atoms with Crippen molar-refractivity contribution >= 4 is 40.5 Å². The molecule has 0 unspecified atom stereocenters. The van der Waals surface area contributed by atoms with E-state index in [9.17, 15) is 9.59 Å². The first kappa shape index (κ1) is 13.6. The van der Waals surface area contributed by atoms with E-state index < -0.39 is 0 Å². The van der Waals surface area contributed by atoms with Gasteiger partial charge in [0, 0.05) is 10.7 Å². The van der Waals surface area contributed by atoms with Gasteiger partial charge in [0.15, 0.2) is 0 Å². The maximum Gasteiger partial charge on any atom is 0.241 e. The minimum atomic E-state index is -0.304. The highest BCUT2D eigenvalue weighted by Crippen LogP contribution is 2.36. The molecule has 0 aliphatic carbocycles. The van der Waals surface area contributed by atoms with Crippen molar-refractivity contribution in [3.8, 4) is 0 Å². The minimum Gasteiger partial charge on any atom is -0.324 e. The molecule has 0 radical (unpaired) electrons. The second-order valence-corrected chi connectivity index (χ2v) is 5.39. The largest absolute Gasteiger partial charge is 0.324 e. The lowest BCUT2D eigenvalue weighted by Gasteiger charge is -2.23. The number of hydrogen-bond acceptors (Lipinski definition) is 2. The Morgan fingerprint density at radius 1 is 1.10 bits per heavy atom. The third kappa shape index (κ3) is 2.62. The number of benzene rings is 2. The van der Waals surface area contributed by atoms with Crippen LogP contribution in [0.3, 0.4) is 0 Å². The Bertz CT molecular complexity index is 726. The summed E-state index contributed by atoms with van der Waals surface area (Å²) in [6.45, 7) is 1.94. The molecule has 0 saturated carbocycles. The number of fused-ring (bicyclic) bond motifs is 1. The zero-order valence-corrected chi connectivity index (χ0v) is 12.1. The molecule has 1 aliphatic heterocycles. The number of halogens is 1.